The molecule has 0 saturated carbocycles. The molecule has 0 radical (unpaired) electrons. The number of carbonyl (C=O) groups is 2. The minimum Gasteiger partial charge on any atom is -0.481 e. The molecule has 92 valence electrons. The van der Waals surface area contributed by atoms with Gasteiger partial charge in [0.2, 0.25) is 5.91 Å². The predicted octanol–water partition coefficient (Wildman–Crippen LogP) is -1.96. The summed E-state index contributed by atoms with van der Waals surface area (Å²) in [4.78, 5) is 21.4. The molecule has 0 bridgehead atoms. The zero-order chi connectivity index (χ0) is 12.1. The van der Waals surface area contributed by atoms with Crippen LogP contribution in [0.25, 0.3) is 0 Å². The second-order valence-corrected chi connectivity index (χ2v) is 3.98. The number of hydrogen-bond acceptors (Lipinski definition) is 4. The number of rotatable bonds is 6. The zero-order valence-electron chi connectivity index (χ0n) is 8.86. The van der Waals surface area contributed by atoms with Crippen molar-refractivity contribution in [3.63, 3.8) is 0 Å². The van der Waals surface area contributed by atoms with Crippen molar-refractivity contribution in [2.24, 2.45) is 5.41 Å². The normalized spacial score (nSPS) is 12.5. The van der Waals surface area contributed by atoms with Crippen molar-refractivity contribution in [3.8, 4) is 0 Å². The topological polar surface area (TPSA) is 107 Å². The maximum Gasteiger partial charge on any atom is 0.316 e. The van der Waals surface area contributed by atoms with Crippen molar-refractivity contribution in [2.75, 3.05) is 13.2 Å². The average Bonchev–Trinajstić information content (AvgIpc) is 2.15. The zero-order valence-corrected chi connectivity index (χ0v) is 8.86. The Morgan fingerprint density at radius 2 is 1.88 bits per heavy atom. The number of amides is 1. The summed E-state index contributed by atoms with van der Waals surface area (Å²) >= 11 is 0. The standard InChI is InChI=1S/C9H17NO5.Mg.2H/c1-9(2,5-11)7(14)8(15)10-4-3-6(12)13;;;/h7,11,14H,3-5H2,1-2H3,(H,10,15)(H,12,13);;;/t7-;;;/m0.../s1. The molecular formula is C9H19MgNO5. The molecule has 16 heavy (non-hydrogen) atoms. The summed E-state index contributed by atoms with van der Waals surface area (Å²) < 4.78 is 0. The molecule has 0 saturated heterocycles. The Balaban J connectivity index is 0. The number of nitrogens with one attached hydrogen (secondary N) is 1. The summed E-state index contributed by atoms with van der Waals surface area (Å²) in [5.41, 5.74) is -0.937. The van der Waals surface area contributed by atoms with E-state index in [-0.39, 0.29) is 42.6 Å². The van der Waals surface area contributed by atoms with E-state index < -0.39 is 23.4 Å². The highest BCUT2D eigenvalue weighted by Crippen LogP contribution is 2.19. The highest BCUT2D eigenvalue weighted by Gasteiger charge is 2.32. The van der Waals surface area contributed by atoms with Crippen LogP contribution in [-0.4, -0.2) is 69.5 Å². The molecular weight excluding hydrogens is 226 g/mol. The smallest absolute Gasteiger partial charge is 0.316 e. The van der Waals surface area contributed by atoms with E-state index in [1.807, 2.05) is 0 Å². The number of hydrogen-bond donors (Lipinski definition) is 4. The third-order valence-corrected chi connectivity index (χ3v) is 2.03. The molecule has 0 spiro atoms. The molecule has 1 amide bonds. The van der Waals surface area contributed by atoms with Gasteiger partial charge >= 0.3 is 29.0 Å². The van der Waals surface area contributed by atoms with E-state index in [1.165, 1.54) is 13.8 Å². The first-order chi connectivity index (χ1) is 6.81. The number of carboxylic acid groups (broad SMARTS) is 1. The molecule has 0 heterocycles. The molecule has 6 nitrogen and oxygen atoms in total. The van der Waals surface area contributed by atoms with E-state index >= 15 is 0 Å². The fraction of sp³-hybridized carbons (Fsp3) is 0.778. The van der Waals surface area contributed by atoms with Crippen LogP contribution in [0.3, 0.4) is 0 Å². The van der Waals surface area contributed by atoms with Crippen LogP contribution in [0.15, 0.2) is 0 Å². The number of aliphatic carboxylic acids is 1. The second kappa shape index (κ2) is 7.83. The van der Waals surface area contributed by atoms with Crippen molar-refractivity contribution in [1.29, 1.82) is 0 Å². The van der Waals surface area contributed by atoms with Crippen molar-refractivity contribution in [1.82, 2.24) is 5.32 Å². The summed E-state index contributed by atoms with van der Waals surface area (Å²) in [6.45, 7) is 2.70. The van der Waals surface area contributed by atoms with E-state index in [0.29, 0.717) is 0 Å². The van der Waals surface area contributed by atoms with Gasteiger partial charge in [-0.2, -0.15) is 0 Å². The first-order valence-corrected chi connectivity index (χ1v) is 4.59. The number of aliphatic hydroxyl groups excluding tert-OH is 2. The Morgan fingerprint density at radius 3 is 2.25 bits per heavy atom. The average molecular weight is 246 g/mol. The Bertz CT molecular complexity index is 244. The lowest BCUT2D eigenvalue weighted by Gasteiger charge is -2.26. The summed E-state index contributed by atoms with van der Waals surface area (Å²) in [6.07, 6.45) is -1.55. The molecule has 7 heteroatoms. The lowest BCUT2D eigenvalue weighted by molar-refractivity contribution is -0.138. The summed E-state index contributed by atoms with van der Waals surface area (Å²) in [5.74, 6) is -1.69. The van der Waals surface area contributed by atoms with Crippen LogP contribution in [0.2, 0.25) is 0 Å². The van der Waals surface area contributed by atoms with Gasteiger partial charge in [-0.1, -0.05) is 13.8 Å². The van der Waals surface area contributed by atoms with Crippen molar-refractivity contribution >= 4 is 34.9 Å². The van der Waals surface area contributed by atoms with E-state index in [1.54, 1.807) is 0 Å². The highest BCUT2D eigenvalue weighted by atomic mass is 24.3. The van der Waals surface area contributed by atoms with Crippen LogP contribution in [0.1, 0.15) is 20.3 Å². The highest BCUT2D eigenvalue weighted by molar-refractivity contribution is 5.81. The van der Waals surface area contributed by atoms with Gasteiger partial charge in [-0.3, -0.25) is 9.59 Å². The fourth-order valence-electron chi connectivity index (χ4n) is 0.831. The molecule has 0 fully saturated rings. The van der Waals surface area contributed by atoms with Gasteiger partial charge < -0.3 is 20.6 Å². The third-order valence-electron chi connectivity index (χ3n) is 2.03. The first kappa shape index (κ1) is 18.0. The van der Waals surface area contributed by atoms with Crippen LogP contribution in [0, 0.1) is 5.41 Å². The molecule has 4 N–H and O–H groups in total. The molecule has 0 aliphatic heterocycles. The van der Waals surface area contributed by atoms with Gasteiger partial charge in [0.15, 0.2) is 0 Å². The molecule has 1 atom stereocenters. The van der Waals surface area contributed by atoms with Gasteiger partial charge in [0.25, 0.3) is 0 Å². The summed E-state index contributed by atoms with van der Waals surface area (Å²) in [5, 5.41) is 29.0. The number of carbonyl (C=O) groups excluding carboxylic acids is 1. The quantitative estimate of drug-likeness (QED) is 0.407. The molecule has 0 aromatic heterocycles. The molecule has 0 aromatic carbocycles. The molecule has 0 rings (SSSR count). The van der Waals surface area contributed by atoms with Gasteiger partial charge in [0.05, 0.1) is 13.0 Å². The minimum absolute atomic E-state index is 0. The predicted molar refractivity (Wildman–Crippen MR) is 60.7 cm³/mol. The third kappa shape index (κ3) is 6.26. The molecule has 0 unspecified atom stereocenters. The SMILES string of the molecule is CC(C)(CO)[C@@H](O)C(=O)NCCC(=O)O.[MgH2]. The van der Waals surface area contributed by atoms with Gasteiger partial charge in [-0.05, 0) is 0 Å². The van der Waals surface area contributed by atoms with Crippen LogP contribution < -0.4 is 5.32 Å². The molecule has 0 aliphatic carbocycles. The van der Waals surface area contributed by atoms with Gasteiger partial charge in [-0.25, -0.2) is 0 Å². The van der Waals surface area contributed by atoms with Gasteiger partial charge in [0.1, 0.15) is 6.10 Å². The van der Waals surface area contributed by atoms with E-state index in [0.717, 1.165) is 0 Å². The lowest BCUT2D eigenvalue weighted by Crippen LogP contribution is -2.45. The molecule has 0 aliphatic rings. The monoisotopic (exact) mass is 245 g/mol. The fourth-order valence-corrected chi connectivity index (χ4v) is 0.831. The molecule has 0 aromatic rings. The maximum absolute atomic E-state index is 11.3. The van der Waals surface area contributed by atoms with Gasteiger partial charge in [0, 0.05) is 12.0 Å². The van der Waals surface area contributed by atoms with E-state index in [2.05, 4.69) is 5.32 Å². The van der Waals surface area contributed by atoms with Crippen molar-refractivity contribution < 1.29 is 24.9 Å². The van der Waals surface area contributed by atoms with E-state index in [4.69, 9.17) is 10.2 Å². The maximum atomic E-state index is 11.3. The van der Waals surface area contributed by atoms with Gasteiger partial charge in [-0.15, -0.1) is 0 Å². The first-order valence-electron chi connectivity index (χ1n) is 4.59. The largest absolute Gasteiger partial charge is 0.481 e. The Kier molecular flexibility index (Phi) is 8.81. The summed E-state index contributed by atoms with van der Waals surface area (Å²) in [6, 6.07) is 0. The Morgan fingerprint density at radius 1 is 1.38 bits per heavy atom. The summed E-state index contributed by atoms with van der Waals surface area (Å²) in [7, 11) is 0. The van der Waals surface area contributed by atoms with Crippen LogP contribution >= 0.6 is 0 Å². The Labute approximate surface area is 110 Å². The number of carboxylic acids is 1. The van der Waals surface area contributed by atoms with Crippen molar-refractivity contribution in [3.05, 3.63) is 0 Å². The Hall–Kier alpha value is -0.374. The van der Waals surface area contributed by atoms with Crippen LogP contribution in [0.4, 0.5) is 0 Å². The van der Waals surface area contributed by atoms with Crippen molar-refractivity contribution in [2.45, 2.75) is 26.4 Å². The second-order valence-electron chi connectivity index (χ2n) is 3.98. The number of aliphatic hydroxyl groups is 2. The minimum atomic E-state index is -1.35. The van der Waals surface area contributed by atoms with E-state index in [9.17, 15) is 14.7 Å². The van der Waals surface area contributed by atoms with Crippen LogP contribution in [0.5, 0.6) is 0 Å². The van der Waals surface area contributed by atoms with Crippen LogP contribution in [-0.2, 0) is 9.59 Å². The lowest BCUT2D eigenvalue weighted by atomic mass is 9.87.